The molecule has 1 atom stereocenters. The van der Waals surface area contributed by atoms with Crippen molar-refractivity contribution in [1.29, 1.82) is 0 Å². The molecule has 0 saturated heterocycles. The molecular formula is C20H33BrN2O2SSi. The largest absolute Gasteiger partial charge is 0.598 e. The number of nitrogens with zero attached hydrogens (tertiary/aromatic N) is 1. The van der Waals surface area contributed by atoms with Crippen LogP contribution in [0.2, 0.25) is 18.1 Å². The molecule has 1 unspecified atom stereocenters. The van der Waals surface area contributed by atoms with Crippen molar-refractivity contribution in [3.05, 3.63) is 34.6 Å². The monoisotopic (exact) mass is 472 g/mol. The van der Waals surface area contributed by atoms with Crippen molar-refractivity contribution in [2.24, 2.45) is 11.1 Å². The Kier molecular flexibility index (Phi) is 7.09. The molecule has 1 aliphatic rings. The van der Waals surface area contributed by atoms with E-state index >= 15 is 0 Å². The number of allylic oxidation sites excluding steroid dienone is 1. The van der Waals surface area contributed by atoms with Crippen LogP contribution in [0.4, 0.5) is 0 Å². The molecule has 1 aromatic rings. The van der Waals surface area contributed by atoms with Crippen LogP contribution in [0.25, 0.3) is 5.57 Å². The molecule has 27 heavy (non-hydrogen) atoms. The van der Waals surface area contributed by atoms with E-state index in [1.165, 1.54) is 0 Å². The van der Waals surface area contributed by atoms with Gasteiger partial charge in [-0.2, -0.15) is 5.14 Å². The maximum Gasteiger partial charge on any atom is 0.192 e. The van der Waals surface area contributed by atoms with Crippen molar-refractivity contribution < 1.29 is 8.98 Å². The van der Waals surface area contributed by atoms with Gasteiger partial charge in [-0.15, -0.1) is 0 Å². The highest BCUT2D eigenvalue weighted by atomic mass is 79.9. The summed E-state index contributed by atoms with van der Waals surface area (Å²) in [7, 11) is -1.74. The SMILES string of the molecule is CC(C)(C(=CC1CC(O[Si](C)(C)C(C)(C)C)C1)c1cccc(Br)n1)[S+](N)[O-]. The first-order valence-corrected chi connectivity index (χ1v) is 14.3. The number of nitrogens with two attached hydrogens (primary N) is 1. The van der Waals surface area contributed by atoms with Crippen molar-refractivity contribution in [3.8, 4) is 0 Å². The van der Waals surface area contributed by atoms with Crippen LogP contribution in [0.5, 0.6) is 0 Å². The lowest BCUT2D eigenvalue weighted by Gasteiger charge is -2.44. The summed E-state index contributed by atoms with van der Waals surface area (Å²) in [6, 6.07) is 5.79. The molecule has 0 aliphatic heterocycles. The van der Waals surface area contributed by atoms with Crippen LogP contribution in [-0.4, -0.2) is 28.7 Å². The zero-order valence-electron chi connectivity index (χ0n) is 17.5. The normalized spacial score (nSPS) is 23.1. The minimum absolute atomic E-state index is 0.220. The standard InChI is InChI=1S/C20H33BrN2O2SSi/c1-19(2,3)27(6,7)25-15-11-14(12-15)13-16(20(4,5)26(22)24)17-9-8-10-18(21)23-17/h8-10,13-15H,11-12,22H2,1-7H3. The predicted octanol–water partition coefficient (Wildman–Crippen LogP) is 5.43. The van der Waals surface area contributed by atoms with E-state index < -0.39 is 24.4 Å². The van der Waals surface area contributed by atoms with Crippen molar-refractivity contribution in [3.63, 3.8) is 0 Å². The summed E-state index contributed by atoms with van der Waals surface area (Å²) in [5.41, 5.74) is 1.77. The summed E-state index contributed by atoms with van der Waals surface area (Å²) in [6.07, 6.45) is 4.52. The zero-order valence-corrected chi connectivity index (χ0v) is 20.9. The van der Waals surface area contributed by atoms with Gasteiger partial charge in [-0.3, -0.25) is 0 Å². The van der Waals surface area contributed by atoms with Gasteiger partial charge in [0.2, 0.25) is 0 Å². The van der Waals surface area contributed by atoms with Gasteiger partial charge in [0.05, 0.1) is 5.69 Å². The second-order valence-corrected chi connectivity index (χ2v) is 16.6. The molecule has 4 nitrogen and oxygen atoms in total. The summed E-state index contributed by atoms with van der Waals surface area (Å²) in [5.74, 6) is 0.401. The van der Waals surface area contributed by atoms with E-state index in [1.54, 1.807) is 0 Å². The highest BCUT2D eigenvalue weighted by Gasteiger charge is 2.43. The third kappa shape index (κ3) is 5.45. The van der Waals surface area contributed by atoms with Gasteiger partial charge >= 0.3 is 0 Å². The van der Waals surface area contributed by atoms with Crippen molar-refractivity contribution in [2.75, 3.05) is 0 Å². The fourth-order valence-electron chi connectivity index (χ4n) is 2.93. The van der Waals surface area contributed by atoms with Crippen LogP contribution in [-0.2, 0) is 15.8 Å². The number of pyridine rings is 1. The lowest BCUT2D eigenvalue weighted by Crippen LogP contribution is -2.47. The molecule has 2 N–H and O–H groups in total. The smallest absolute Gasteiger partial charge is 0.192 e. The lowest BCUT2D eigenvalue weighted by atomic mass is 9.79. The highest BCUT2D eigenvalue weighted by molar-refractivity contribution is 9.10. The van der Waals surface area contributed by atoms with E-state index in [0.29, 0.717) is 12.0 Å². The van der Waals surface area contributed by atoms with E-state index in [9.17, 15) is 4.55 Å². The average Bonchev–Trinajstić information content (AvgIpc) is 2.47. The summed E-state index contributed by atoms with van der Waals surface area (Å²) in [6.45, 7) is 15.2. The molecule has 1 fully saturated rings. The van der Waals surface area contributed by atoms with Gasteiger partial charge < -0.3 is 8.98 Å². The van der Waals surface area contributed by atoms with E-state index in [2.05, 4.69) is 60.9 Å². The van der Waals surface area contributed by atoms with Crippen LogP contribution in [0.3, 0.4) is 0 Å². The van der Waals surface area contributed by atoms with Gasteiger partial charge in [0.25, 0.3) is 0 Å². The first-order chi connectivity index (χ1) is 12.2. The number of hydrogen-bond donors (Lipinski definition) is 1. The molecule has 1 aromatic heterocycles. The summed E-state index contributed by atoms with van der Waals surface area (Å²) >= 11 is 1.94. The maximum atomic E-state index is 12.2. The van der Waals surface area contributed by atoms with Crippen LogP contribution >= 0.6 is 15.9 Å². The number of hydrogen-bond acceptors (Lipinski definition) is 4. The van der Waals surface area contributed by atoms with E-state index in [4.69, 9.17) is 9.56 Å². The van der Waals surface area contributed by atoms with Crippen molar-refractivity contribution in [1.82, 2.24) is 4.98 Å². The Hall–Kier alpha value is -0.183. The van der Waals surface area contributed by atoms with Gasteiger partial charge in [0, 0.05) is 23.0 Å². The van der Waals surface area contributed by atoms with Gasteiger partial charge in [0.1, 0.15) is 4.60 Å². The van der Waals surface area contributed by atoms with E-state index in [0.717, 1.165) is 28.7 Å². The Morgan fingerprint density at radius 3 is 2.37 bits per heavy atom. The summed E-state index contributed by atoms with van der Waals surface area (Å²) < 4.78 is 18.8. The fourth-order valence-corrected chi connectivity index (χ4v) is 5.04. The predicted molar refractivity (Wildman–Crippen MR) is 121 cm³/mol. The maximum absolute atomic E-state index is 12.2. The highest BCUT2D eigenvalue weighted by Crippen LogP contribution is 2.43. The van der Waals surface area contributed by atoms with E-state index in [-0.39, 0.29) is 5.04 Å². The Balaban J connectivity index is 2.18. The minimum Gasteiger partial charge on any atom is -0.598 e. The Labute approximate surface area is 176 Å². The molecule has 0 amide bonds. The first-order valence-electron chi connectivity index (χ1n) is 9.43. The van der Waals surface area contributed by atoms with E-state index in [1.807, 2.05) is 32.0 Å². The number of aromatic nitrogens is 1. The minimum atomic E-state index is -1.74. The Bertz CT molecular complexity index is 695. The van der Waals surface area contributed by atoms with Crippen molar-refractivity contribution in [2.45, 2.75) is 76.4 Å². The Morgan fingerprint density at radius 1 is 1.30 bits per heavy atom. The molecule has 0 bridgehead atoms. The Morgan fingerprint density at radius 2 is 1.89 bits per heavy atom. The summed E-state index contributed by atoms with van der Waals surface area (Å²) in [4.78, 5) is 4.58. The molecule has 7 heteroatoms. The molecular weight excluding hydrogens is 440 g/mol. The van der Waals surface area contributed by atoms with Gasteiger partial charge in [0.15, 0.2) is 13.1 Å². The lowest BCUT2D eigenvalue weighted by molar-refractivity contribution is 0.0726. The average molecular weight is 474 g/mol. The molecule has 0 spiro atoms. The van der Waals surface area contributed by atoms with Gasteiger partial charge in [-0.1, -0.05) is 32.9 Å². The van der Waals surface area contributed by atoms with Crippen LogP contribution < -0.4 is 5.14 Å². The van der Waals surface area contributed by atoms with Gasteiger partial charge in [-0.05, 0) is 78.8 Å². The third-order valence-corrected chi connectivity index (χ3v) is 12.1. The van der Waals surface area contributed by atoms with Crippen LogP contribution in [0.1, 0.15) is 53.2 Å². The molecule has 1 aliphatic carbocycles. The van der Waals surface area contributed by atoms with Crippen LogP contribution in [0, 0.1) is 5.92 Å². The molecule has 1 heterocycles. The third-order valence-electron chi connectivity index (χ3n) is 5.94. The molecule has 152 valence electrons. The van der Waals surface area contributed by atoms with Crippen molar-refractivity contribution >= 4 is 41.2 Å². The molecule has 0 aromatic carbocycles. The fraction of sp³-hybridized carbons (Fsp3) is 0.650. The molecule has 1 saturated carbocycles. The molecule has 2 rings (SSSR count). The zero-order chi connectivity index (χ0) is 20.6. The second kappa shape index (κ2) is 8.28. The molecule has 0 radical (unpaired) electrons. The first kappa shape index (κ1) is 23.1. The summed E-state index contributed by atoms with van der Waals surface area (Å²) in [5, 5.41) is 6.03. The van der Waals surface area contributed by atoms with Crippen LogP contribution in [0.15, 0.2) is 28.9 Å². The number of halogens is 1. The van der Waals surface area contributed by atoms with Gasteiger partial charge in [-0.25, -0.2) is 4.98 Å². The number of rotatable bonds is 6. The quantitative estimate of drug-likeness (QED) is 0.340. The topological polar surface area (TPSA) is 71.2 Å². The second-order valence-electron chi connectivity index (χ2n) is 9.47.